The number of hydrogen-bond donors (Lipinski definition) is 0. The third-order valence-corrected chi connectivity index (χ3v) is 5.39. The average molecular weight is 292 g/mol. The summed E-state index contributed by atoms with van der Waals surface area (Å²) in [6.07, 6.45) is 4.68. The average Bonchev–Trinajstić information content (AvgIpc) is 2.42. The first-order valence-electron chi connectivity index (χ1n) is 5.63. The molecule has 0 unspecified atom stereocenters. The van der Waals surface area contributed by atoms with Gasteiger partial charge in [0.15, 0.2) is 0 Å². The molecule has 0 amide bonds. The molecule has 1 aromatic rings. The minimum Gasteiger partial charge on any atom is -0.0991 e. The van der Waals surface area contributed by atoms with Crippen LogP contribution in [0.4, 0.5) is 0 Å². The smallest absolute Gasteiger partial charge is 0.0848 e. The lowest BCUT2D eigenvalue weighted by Gasteiger charge is -2.07. The standard InChI is InChI=1S/C15H16S3/c1-4-9-13(5-2)15(16)18-17-12(3)14-10-7-6-8-11-14/h4,6-11H,1,3,5H2,2H3/b13-9+. The van der Waals surface area contributed by atoms with Gasteiger partial charge in [-0.3, -0.25) is 0 Å². The molecule has 18 heavy (non-hydrogen) atoms. The van der Waals surface area contributed by atoms with Gasteiger partial charge >= 0.3 is 0 Å². The van der Waals surface area contributed by atoms with Crippen molar-refractivity contribution in [3.8, 4) is 0 Å². The maximum atomic E-state index is 5.39. The molecule has 0 radical (unpaired) electrons. The summed E-state index contributed by atoms with van der Waals surface area (Å²) in [7, 11) is 3.20. The van der Waals surface area contributed by atoms with Crippen molar-refractivity contribution in [2.45, 2.75) is 13.3 Å². The zero-order valence-corrected chi connectivity index (χ0v) is 12.8. The maximum Gasteiger partial charge on any atom is 0.0848 e. The molecule has 0 atom stereocenters. The van der Waals surface area contributed by atoms with Crippen molar-refractivity contribution in [2.75, 3.05) is 0 Å². The summed E-state index contributed by atoms with van der Waals surface area (Å²) in [5.41, 5.74) is 2.29. The molecule has 0 bridgehead atoms. The van der Waals surface area contributed by atoms with E-state index in [2.05, 4.69) is 32.2 Å². The highest BCUT2D eigenvalue weighted by molar-refractivity contribution is 8.86. The quantitative estimate of drug-likeness (QED) is 0.278. The van der Waals surface area contributed by atoms with Crippen LogP contribution in [0.5, 0.6) is 0 Å². The molecule has 94 valence electrons. The van der Waals surface area contributed by atoms with Gasteiger partial charge in [-0.25, -0.2) is 0 Å². The highest BCUT2D eigenvalue weighted by Gasteiger charge is 2.06. The monoisotopic (exact) mass is 292 g/mol. The molecule has 0 saturated heterocycles. The summed E-state index contributed by atoms with van der Waals surface area (Å²) >= 11 is 5.39. The highest BCUT2D eigenvalue weighted by atomic mass is 33.1. The molecule has 0 N–H and O–H groups in total. The van der Waals surface area contributed by atoms with E-state index < -0.39 is 0 Å². The van der Waals surface area contributed by atoms with E-state index in [0.29, 0.717) is 0 Å². The van der Waals surface area contributed by atoms with E-state index >= 15 is 0 Å². The van der Waals surface area contributed by atoms with Gasteiger partial charge in [0.05, 0.1) is 4.20 Å². The van der Waals surface area contributed by atoms with Crippen molar-refractivity contribution < 1.29 is 0 Å². The van der Waals surface area contributed by atoms with Gasteiger partial charge in [0, 0.05) is 4.91 Å². The number of thiocarbonyl (C=S) groups is 1. The Kier molecular flexibility index (Phi) is 7.09. The molecule has 0 saturated carbocycles. The Hall–Kier alpha value is -0.770. The van der Waals surface area contributed by atoms with Crippen LogP contribution in [0.15, 0.2) is 61.2 Å². The third kappa shape index (κ3) is 4.84. The van der Waals surface area contributed by atoms with Crippen LogP contribution in [-0.2, 0) is 0 Å². The fourth-order valence-electron chi connectivity index (χ4n) is 1.29. The topological polar surface area (TPSA) is 0 Å². The minimum atomic E-state index is 0.902. The van der Waals surface area contributed by atoms with Gasteiger partial charge < -0.3 is 0 Å². The highest BCUT2D eigenvalue weighted by Crippen LogP contribution is 2.38. The second-order valence-corrected chi connectivity index (χ2v) is 6.43. The maximum absolute atomic E-state index is 5.39. The number of hydrogen-bond acceptors (Lipinski definition) is 3. The van der Waals surface area contributed by atoms with E-state index in [1.165, 1.54) is 0 Å². The van der Waals surface area contributed by atoms with E-state index in [4.69, 9.17) is 12.2 Å². The lowest BCUT2D eigenvalue weighted by molar-refractivity contribution is 1.18. The van der Waals surface area contributed by atoms with E-state index in [0.717, 1.165) is 26.7 Å². The van der Waals surface area contributed by atoms with Crippen LogP contribution in [0.1, 0.15) is 18.9 Å². The third-order valence-electron chi connectivity index (χ3n) is 2.28. The fourth-order valence-corrected chi connectivity index (χ4v) is 3.67. The van der Waals surface area contributed by atoms with Gasteiger partial charge in [0.1, 0.15) is 0 Å². The molecular weight excluding hydrogens is 276 g/mol. The van der Waals surface area contributed by atoms with Gasteiger partial charge in [0.2, 0.25) is 0 Å². The van der Waals surface area contributed by atoms with Crippen molar-refractivity contribution in [1.82, 2.24) is 0 Å². The van der Waals surface area contributed by atoms with E-state index in [9.17, 15) is 0 Å². The van der Waals surface area contributed by atoms with Crippen molar-refractivity contribution in [1.29, 1.82) is 0 Å². The summed E-state index contributed by atoms with van der Waals surface area (Å²) in [5.74, 6) is 0. The summed E-state index contributed by atoms with van der Waals surface area (Å²) in [6, 6.07) is 10.1. The Labute approximate surface area is 123 Å². The van der Waals surface area contributed by atoms with Gasteiger partial charge in [-0.2, -0.15) is 0 Å². The number of rotatable bonds is 6. The molecule has 0 aliphatic carbocycles. The largest absolute Gasteiger partial charge is 0.0991 e. The summed E-state index contributed by atoms with van der Waals surface area (Å²) in [5, 5.41) is 0. The van der Waals surface area contributed by atoms with E-state index in [1.807, 2.05) is 24.3 Å². The van der Waals surface area contributed by atoms with Crippen LogP contribution in [-0.4, -0.2) is 4.20 Å². The van der Waals surface area contributed by atoms with Crippen molar-refractivity contribution in [2.24, 2.45) is 0 Å². The SMILES string of the molecule is C=C/C=C(\CC)C(=S)SSC(=C)c1ccccc1. The lowest BCUT2D eigenvalue weighted by atomic mass is 10.2. The predicted octanol–water partition coefficient (Wildman–Crippen LogP) is 5.89. The normalized spacial score (nSPS) is 11.1. The first-order chi connectivity index (χ1) is 8.69. The Balaban J connectivity index is 2.56. The van der Waals surface area contributed by atoms with Crippen LogP contribution in [0.3, 0.4) is 0 Å². The van der Waals surface area contributed by atoms with Crippen LogP contribution in [0.25, 0.3) is 4.91 Å². The molecule has 0 nitrogen and oxygen atoms in total. The fraction of sp³-hybridized carbons (Fsp3) is 0.133. The van der Waals surface area contributed by atoms with Crippen molar-refractivity contribution in [3.63, 3.8) is 0 Å². The molecule has 0 fully saturated rings. The predicted molar refractivity (Wildman–Crippen MR) is 91.8 cm³/mol. The Morgan fingerprint density at radius 1 is 1.28 bits per heavy atom. The molecule has 1 rings (SSSR count). The molecule has 0 aliphatic rings. The Bertz CT molecular complexity index is 458. The Morgan fingerprint density at radius 3 is 2.50 bits per heavy atom. The van der Waals surface area contributed by atoms with Crippen LogP contribution in [0.2, 0.25) is 0 Å². The van der Waals surface area contributed by atoms with Crippen LogP contribution >= 0.6 is 33.8 Å². The van der Waals surface area contributed by atoms with E-state index in [-0.39, 0.29) is 0 Å². The van der Waals surface area contributed by atoms with Gasteiger partial charge in [-0.15, -0.1) is 0 Å². The van der Waals surface area contributed by atoms with Crippen molar-refractivity contribution in [3.05, 3.63) is 66.8 Å². The van der Waals surface area contributed by atoms with Gasteiger partial charge in [-0.05, 0) is 28.4 Å². The minimum absolute atomic E-state index is 0.902. The van der Waals surface area contributed by atoms with Gasteiger partial charge in [0.25, 0.3) is 0 Å². The summed E-state index contributed by atoms with van der Waals surface area (Å²) in [4.78, 5) is 1.03. The number of benzene rings is 1. The molecule has 1 aromatic carbocycles. The molecule has 0 spiro atoms. The molecule has 3 heteroatoms. The van der Waals surface area contributed by atoms with Crippen LogP contribution in [0, 0.1) is 0 Å². The first kappa shape index (κ1) is 15.3. The molecule has 0 aliphatic heterocycles. The zero-order chi connectivity index (χ0) is 13.4. The van der Waals surface area contributed by atoms with Crippen molar-refractivity contribution >= 4 is 42.9 Å². The summed E-state index contributed by atoms with van der Waals surface area (Å²) in [6.45, 7) is 9.87. The number of allylic oxidation sites excluding steroid dienone is 2. The molecule has 0 heterocycles. The zero-order valence-electron chi connectivity index (χ0n) is 10.4. The second kappa shape index (κ2) is 8.35. The van der Waals surface area contributed by atoms with E-state index in [1.54, 1.807) is 27.7 Å². The molecular formula is C15H16S3. The molecule has 0 aromatic heterocycles. The van der Waals surface area contributed by atoms with Gasteiger partial charge in [-0.1, -0.05) is 85.6 Å². The second-order valence-electron chi connectivity index (χ2n) is 3.52. The summed E-state index contributed by atoms with van der Waals surface area (Å²) < 4.78 is 0.902. The Morgan fingerprint density at radius 2 is 1.94 bits per heavy atom. The van der Waals surface area contributed by atoms with Crippen LogP contribution < -0.4 is 0 Å². The first-order valence-corrected chi connectivity index (χ1v) is 8.19. The lowest BCUT2D eigenvalue weighted by Crippen LogP contribution is -1.90.